The van der Waals surface area contributed by atoms with E-state index in [2.05, 4.69) is 45.6 Å². The van der Waals surface area contributed by atoms with Crippen LogP contribution in [0.1, 0.15) is 60.8 Å². The number of hydrogen-bond donors (Lipinski definition) is 1. The average Bonchev–Trinajstić information content (AvgIpc) is 3.64. The van der Waals surface area contributed by atoms with E-state index < -0.39 is 17.0 Å². The number of pyridine rings is 1. The number of nitrogens with one attached hydrogen (secondary N) is 1. The second kappa shape index (κ2) is 10.6. The standard InChI is InChI=1S/C27H29N3O2.C6H4F2/c31-24-27(22-7-3-13-28-23(22)29-24)17-20-9-8-19(16-21(20)18-27)6-4-14-30-15-5-12-26(25(30)32)10-1-2-11-26;7-5-2-1-3-6(8)4-5/h3-4,6-9,13,16H,1-2,5,10-12,14-15,17-18H2,(H,28,29,31);1-4H/b6-4+;. The monoisotopic (exact) mass is 541 g/mol. The fourth-order valence-corrected chi connectivity index (χ4v) is 7.01. The molecule has 2 aromatic carbocycles. The van der Waals surface area contributed by atoms with Crippen LogP contribution in [-0.2, 0) is 27.8 Å². The highest BCUT2D eigenvalue weighted by molar-refractivity contribution is 6.06. The van der Waals surface area contributed by atoms with Crippen molar-refractivity contribution >= 4 is 23.7 Å². The van der Waals surface area contributed by atoms with Crippen molar-refractivity contribution in [1.82, 2.24) is 9.88 Å². The van der Waals surface area contributed by atoms with Gasteiger partial charge in [0.1, 0.15) is 17.5 Å². The Morgan fingerprint density at radius 3 is 2.40 bits per heavy atom. The molecule has 0 bridgehead atoms. The summed E-state index contributed by atoms with van der Waals surface area (Å²) in [4.78, 5) is 32.4. The number of rotatable bonds is 3. The van der Waals surface area contributed by atoms with Gasteiger partial charge in [-0.05, 0) is 73.4 Å². The minimum atomic E-state index is -0.537. The van der Waals surface area contributed by atoms with E-state index in [1.165, 1.54) is 42.2 Å². The van der Waals surface area contributed by atoms with Crippen LogP contribution < -0.4 is 5.32 Å². The molecule has 2 fully saturated rings. The molecule has 1 aromatic heterocycles. The molecule has 1 N–H and O–H groups in total. The number of aromatic nitrogens is 1. The molecule has 40 heavy (non-hydrogen) atoms. The summed E-state index contributed by atoms with van der Waals surface area (Å²) in [5.41, 5.74) is 4.04. The SMILES string of the molecule is Fc1cccc(F)c1.O=C1N(C/C=C/c2ccc3c(c2)CC2(C3)C(=O)Nc3ncccc32)CCCC12CCCC2. The molecule has 2 aliphatic carbocycles. The van der Waals surface area contributed by atoms with Crippen LogP contribution in [0.25, 0.3) is 6.08 Å². The molecule has 7 heteroatoms. The van der Waals surface area contributed by atoms with E-state index in [-0.39, 0.29) is 11.3 Å². The van der Waals surface area contributed by atoms with E-state index in [0.717, 1.165) is 55.8 Å². The maximum absolute atomic E-state index is 13.1. The van der Waals surface area contributed by atoms with Gasteiger partial charge in [0.2, 0.25) is 11.8 Å². The molecule has 1 saturated heterocycles. The van der Waals surface area contributed by atoms with E-state index in [4.69, 9.17) is 0 Å². The average molecular weight is 542 g/mol. The molecule has 7 rings (SSSR count). The number of nitrogens with zero attached hydrogens (tertiary/aromatic N) is 2. The van der Waals surface area contributed by atoms with E-state index in [1.54, 1.807) is 6.20 Å². The molecule has 2 spiro atoms. The summed E-state index contributed by atoms with van der Waals surface area (Å²) in [6.45, 7) is 1.56. The summed E-state index contributed by atoms with van der Waals surface area (Å²) in [6.07, 6.45) is 14.2. The van der Waals surface area contributed by atoms with Gasteiger partial charge in [-0.25, -0.2) is 13.8 Å². The summed E-state index contributed by atoms with van der Waals surface area (Å²) in [5, 5.41) is 2.97. The van der Waals surface area contributed by atoms with Crippen LogP contribution in [0.5, 0.6) is 0 Å². The largest absolute Gasteiger partial charge is 0.338 e. The van der Waals surface area contributed by atoms with Gasteiger partial charge in [0.25, 0.3) is 0 Å². The van der Waals surface area contributed by atoms with Crippen molar-refractivity contribution < 1.29 is 18.4 Å². The van der Waals surface area contributed by atoms with Crippen LogP contribution in [0, 0.1) is 17.0 Å². The summed E-state index contributed by atoms with van der Waals surface area (Å²) >= 11 is 0. The number of likely N-dealkylation sites (tertiary alicyclic amines) is 1. The van der Waals surface area contributed by atoms with Crippen LogP contribution >= 0.6 is 0 Å². The molecule has 2 amide bonds. The van der Waals surface area contributed by atoms with Crippen molar-refractivity contribution in [2.75, 3.05) is 18.4 Å². The Hall–Kier alpha value is -3.87. The van der Waals surface area contributed by atoms with E-state index >= 15 is 0 Å². The Morgan fingerprint density at radius 2 is 1.65 bits per heavy atom. The molecular weight excluding hydrogens is 508 g/mol. The van der Waals surface area contributed by atoms with Crippen LogP contribution in [0.2, 0.25) is 0 Å². The third kappa shape index (κ3) is 4.82. The van der Waals surface area contributed by atoms with Crippen molar-refractivity contribution in [3.05, 3.63) is 101 Å². The Balaban J connectivity index is 0.000000313. The van der Waals surface area contributed by atoms with Crippen LogP contribution in [0.15, 0.2) is 66.9 Å². The maximum Gasteiger partial charge on any atom is 0.237 e. The molecular formula is C33H33F2N3O2. The quantitative estimate of drug-likeness (QED) is 0.428. The molecule has 4 aliphatic rings. The Bertz CT molecular complexity index is 1460. The third-order valence-corrected chi connectivity index (χ3v) is 9.01. The van der Waals surface area contributed by atoms with E-state index in [0.29, 0.717) is 24.7 Å². The number of carbonyl (C=O) groups excluding carboxylic acids is 2. The lowest BCUT2D eigenvalue weighted by Gasteiger charge is -2.39. The Morgan fingerprint density at radius 1 is 0.900 bits per heavy atom. The van der Waals surface area contributed by atoms with Gasteiger partial charge < -0.3 is 10.2 Å². The first-order chi connectivity index (χ1) is 19.4. The molecule has 1 atom stereocenters. The van der Waals surface area contributed by atoms with Crippen LogP contribution in [0.4, 0.5) is 14.6 Å². The zero-order chi connectivity index (χ0) is 27.7. The highest BCUT2D eigenvalue weighted by atomic mass is 19.1. The number of anilines is 1. The van der Waals surface area contributed by atoms with Gasteiger partial charge in [-0.2, -0.15) is 0 Å². The number of benzene rings is 2. The number of fused-ring (bicyclic) bond motifs is 3. The lowest BCUT2D eigenvalue weighted by Crippen LogP contribution is -2.47. The fourth-order valence-electron chi connectivity index (χ4n) is 7.01. The minimum absolute atomic E-state index is 0.0546. The summed E-state index contributed by atoms with van der Waals surface area (Å²) in [6, 6.07) is 15.0. The lowest BCUT2D eigenvalue weighted by molar-refractivity contribution is -0.145. The normalized spacial score (nSPS) is 22.4. The Kier molecular flexibility index (Phi) is 6.99. The number of amides is 2. The van der Waals surface area contributed by atoms with Gasteiger partial charge in [-0.3, -0.25) is 9.59 Å². The molecule has 5 nitrogen and oxygen atoms in total. The van der Waals surface area contributed by atoms with Crippen molar-refractivity contribution in [2.24, 2.45) is 5.41 Å². The van der Waals surface area contributed by atoms with Crippen molar-refractivity contribution in [3.8, 4) is 0 Å². The predicted octanol–water partition coefficient (Wildman–Crippen LogP) is 6.23. The second-order valence-corrected chi connectivity index (χ2v) is 11.5. The van der Waals surface area contributed by atoms with Gasteiger partial charge >= 0.3 is 0 Å². The minimum Gasteiger partial charge on any atom is -0.338 e. The van der Waals surface area contributed by atoms with E-state index in [1.807, 2.05) is 12.1 Å². The van der Waals surface area contributed by atoms with E-state index in [9.17, 15) is 18.4 Å². The zero-order valence-corrected chi connectivity index (χ0v) is 22.5. The van der Waals surface area contributed by atoms with Crippen LogP contribution in [-0.4, -0.2) is 34.8 Å². The fraction of sp³-hybridized carbons (Fsp3) is 0.364. The summed E-state index contributed by atoms with van der Waals surface area (Å²) in [5.74, 6) is 0.0666. The molecule has 206 valence electrons. The summed E-state index contributed by atoms with van der Waals surface area (Å²) in [7, 11) is 0. The Labute approximate surface area is 233 Å². The number of piperidine rings is 1. The topological polar surface area (TPSA) is 62.3 Å². The van der Waals surface area contributed by atoms with Crippen molar-refractivity contribution in [3.63, 3.8) is 0 Å². The lowest BCUT2D eigenvalue weighted by atomic mass is 9.77. The number of carbonyl (C=O) groups is 2. The first kappa shape index (κ1) is 26.4. The van der Waals surface area contributed by atoms with Crippen LogP contribution in [0.3, 0.4) is 0 Å². The predicted molar refractivity (Wildman–Crippen MR) is 151 cm³/mol. The zero-order valence-electron chi connectivity index (χ0n) is 22.5. The molecule has 3 heterocycles. The number of halogens is 2. The van der Waals surface area contributed by atoms with Gasteiger partial charge in [-0.1, -0.05) is 55.3 Å². The smallest absolute Gasteiger partial charge is 0.237 e. The molecule has 3 aromatic rings. The second-order valence-electron chi connectivity index (χ2n) is 11.5. The highest BCUT2D eigenvalue weighted by Crippen LogP contribution is 2.47. The van der Waals surface area contributed by atoms with Crippen molar-refractivity contribution in [2.45, 2.75) is 56.8 Å². The first-order valence-electron chi connectivity index (χ1n) is 14.1. The van der Waals surface area contributed by atoms with Gasteiger partial charge in [0, 0.05) is 36.3 Å². The van der Waals surface area contributed by atoms with Gasteiger partial charge in [0.05, 0.1) is 5.41 Å². The molecule has 2 aliphatic heterocycles. The molecule has 0 radical (unpaired) electrons. The van der Waals surface area contributed by atoms with Gasteiger partial charge in [0.15, 0.2) is 0 Å². The third-order valence-electron chi connectivity index (χ3n) is 9.01. The maximum atomic E-state index is 13.1. The van der Waals surface area contributed by atoms with Crippen molar-refractivity contribution in [1.29, 1.82) is 0 Å². The molecule has 1 saturated carbocycles. The summed E-state index contributed by atoms with van der Waals surface area (Å²) < 4.78 is 23.9. The first-order valence-corrected chi connectivity index (χ1v) is 14.1. The number of hydrogen-bond acceptors (Lipinski definition) is 3. The van der Waals surface area contributed by atoms with Gasteiger partial charge in [-0.15, -0.1) is 0 Å². The molecule has 1 unspecified atom stereocenters. The highest BCUT2D eigenvalue weighted by Gasteiger charge is 2.51.